The normalized spacial score (nSPS) is 14.6. The van der Waals surface area contributed by atoms with E-state index in [0.717, 1.165) is 17.1 Å². The van der Waals surface area contributed by atoms with Crippen LogP contribution in [0.15, 0.2) is 10.5 Å². The van der Waals surface area contributed by atoms with Crippen molar-refractivity contribution in [3.8, 4) is 0 Å². The second-order valence-electron chi connectivity index (χ2n) is 4.59. The van der Waals surface area contributed by atoms with Crippen molar-refractivity contribution in [1.82, 2.24) is 5.32 Å². The molecule has 0 aliphatic rings. The van der Waals surface area contributed by atoms with Crippen LogP contribution in [0.3, 0.4) is 0 Å². The summed E-state index contributed by atoms with van der Waals surface area (Å²) >= 11 is 0. The lowest BCUT2D eigenvalue weighted by molar-refractivity contribution is -0.137. The number of carboxylic acids is 1. The first-order valence-corrected chi connectivity index (χ1v) is 5.95. The summed E-state index contributed by atoms with van der Waals surface area (Å²) in [6.07, 6.45) is 0.833. The molecule has 1 rings (SSSR count). The minimum absolute atomic E-state index is 0.177. The van der Waals surface area contributed by atoms with Gasteiger partial charge in [-0.2, -0.15) is 0 Å². The molecule has 96 valence electrons. The van der Waals surface area contributed by atoms with Crippen LogP contribution in [0, 0.1) is 13.8 Å². The van der Waals surface area contributed by atoms with Crippen LogP contribution in [0.25, 0.3) is 0 Å². The Balaban J connectivity index is 2.51. The molecular weight excluding hydrogens is 218 g/mol. The van der Waals surface area contributed by atoms with Crippen molar-refractivity contribution >= 4 is 5.97 Å². The van der Waals surface area contributed by atoms with E-state index in [-0.39, 0.29) is 18.5 Å². The van der Waals surface area contributed by atoms with Crippen molar-refractivity contribution in [3.63, 3.8) is 0 Å². The molecule has 0 saturated heterocycles. The Morgan fingerprint density at radius 2 is 2.12 bits per heavy atom. The van der Waals surface area contributed by atoms with Crippen LogP contribution in [0.5, 0.6) is 0 Å². The standard InChI is InChI=1S/C13H21NO3/c1-8(5-6-13(15)16)14-10(3)12-7-9(2)17-11(12)4/h7-8,10,14H,5-6H2,1-4H3,(H,15,16). The summed E-state index contributed by atoms with van der Waals surface area (Å²) in [4.78, 5) is 10.5. The lowest BCUT2D eigenvalue weighted by Gasteiger charge is -2.19. The molecule has 0 fully saturated rings. The molecule has 0 saturated carbocycles. The smallest absolute Gasteiger partial charge is 0.303 e. The maximum Gasteiger partial charge on any atom is 0.303 e. The van der Waals surface area contributed by atoms with E-state index in [2.05, 4.69) is 12.2 Å². The molecule has 17 heavy (non-hydrogen) atoms. The zero-order valence-corrected chi connectivity index (χ0v) is 10.9. The Labute approximate surface area is 102 Å². The van der Waals surface area contributed by atoms with E-state index < -0.39 is 5.97 Å². The molecule has 0 aliphatic heterocycles. The van der Waals surface area contributed by atoms with Gasteiger partial charge in [-0.3, -0.25) is 4.79 Å². The minimum atomic E-state index is -0.748. The van der Waals surface area contributed by atoms with Crippen LogP contribution in [0.1, 0.15) is 49.8 Å². The highest BCUT2D eigenvalue weighted by Crippen LogP contribution is 2.21. The van der Waals surface area contributed by atoms with Crippen LogP contribution in [-0.4, -0.2) is 17.1 Å². The second kappa shape index (κ2) is 5.87. The fraction of sp³-hybridized carbons (Fsp3) is 0.615. The van der Waals surface area contributed by atoms with Gasteiger partial charge in [0.2, 0.25) is 0 Å². The summed E-state index contributed by atoms with van der Waals surface area (Å²) in [5.41, 5.74) is 1.14. The topological polar surface area (TPSA) is 62.5 Å². The fourth-order valence-corrected chi connectivity index (χ4v) is 2.02. The Morgan fingerprint density at radius 3 is 2.59 bits per heavy atom. The summed E-state index contributed by atoms with van der Waals surface area (Å²) in [6, 6.07) is 2.38. The van der Waals surface area contributed by atoms with E-state index in [9.17, 15) is 4.79 Å². The van der Waals surface area contributed by atoms with Crippen molar-refractivity contribution in [1.29, 1.82) is 0 Å². The van der Waals surface area contributed by atoms with E-state index in [1.807, 2.05) is 26.8 Å². The maximum atomic E-state index is 10.5. The van der Waals surface area contributed by atoms with Gasteiger partial charge in [0.25, 0.3) is 0 Å². The molecule has 0 bridgehead atoms. The predicted octanol–water partition coefficient (Wildman–Crippen LogP) is 2.80. The molecule has 0 radical (unpaired) electrons. The third-order valence-electron chi connectivity index (χ3n) is 2.87. The third kappa shape index (κ3) is 4.23. The number of nitrogens with one attached hydrogen (secondary N) is 1. The average molecular weight is 239 g/mol. The SMILES string of the molecule is Cc1cc(C(C)NC(C)CCC(=O)O)c(C)o1. The summed E-state index contributed by atoms with van der Waals surface area (Å²) in [7, 11) is 0. The number of aryl methyl sites for hydroxylation is 2. The fourth-order valence-electron chi connectivity index (χ4n) is 2.02. The predicted molar refractivity (Wildman–Crippen MR) is 66.1 cm³/mol. The van der Waals surface area contributed by atoms with Gasteiger partial charge in [-0.15, -0.1) is 0 Å². The Morgan fingerprint density at radius 1 is 1.47 bits per heavy atom. The molecule has 1 aromatic rings. The molecule has 2 atom stereocenters. The second-order valence-corrected chi connectivity index (χ2v) is 4.59. The average Bonchev–Trinajstić information content (AvgIpc) is 2.55. The largest absolute Gasteiger partial charge is 0.481 e. The van der Waals surface area contributed by atoms with Gasteiger partial charge < -0.3 is 14.8 Å². The van der Waals surface area contributed by atoms with Gasteiger partial charge in [-0.05, 0) is 40.2 Å². The lowest BCUT2D eigenvalue weighted by atomic mass is 10.1. The van der Waals surface area contributed by atoms with Crippen LogP contribution < -0.4 is 5.32 Å². The summed E-state index contributed by atoms with van der Waals surface area (Å²) in [6.45, 7) is 7.94. The van der Waals surface area contributed by atoms with E-state index in [1.54, 1.807) is 0 Å². The van der Waals surface area contributed by atoms with Crippen LogP contribution >= 0.6 is 0 Å². The van der Waals surface area contributed by atoms with Gasteiger partial charge in [0.1, 0.15) is 11.5 Å². The van der Waals surface area contributed by atoms with Crippen molar-refractivity contribution in [3.05, 3.63) is 23.2 Å². The third-order valence-corrected chi connectivity index (χ3v) is 2.87. The van der Waals surface area contributed by atoms with E-state index in [1.165, 1.54) is 0 Å². The summed E-state index contributed by atoms with van der Waals surface area (Å²) in [5.74, 6) is 1.08. The van der Waals surface area contributed by atoms with Crippen molar-refractivity contribution in [2.75, 3.05) is 0 Å². The lowest BCUT2D eigenvalue weighted by Crippen LogP contribution is -2.29. The molecule has 2 N–H and O–H groups in total. The molecule has 1 heterocycles. The van der Waals surface area contributed by atoms with Gasteiger partial charge in [-0.25, -0.2) is 0 Å². The number of furan rings is 1. The molecule has 2 unspecified atom stereocenters. The van der Waals surface area contributed by atoms with Crippen LogP contribution in [0.4, 0.5) is 0 Å². The first-order chi connectivity index (χ1) is 7.90. The maximum absolute atomic E-state index is 10.5. The van der Waals surface area contributed by atoms with Gasteiger partial charge in [0.15, 0.2) is 0 Å². The van der Waals surface area contributed by atoms with Crippen molar-refractivity contribution in [2.24, 2.45) is 0 Å². The first-order valence-electron chi connectivity index (χ1n) is 5.95. The molecule has 0 amide bonds. The summed E-state index contributed by atoms with van der Waals surface area (Å²) in [5, 5.41) is 12.0. The number of hydrogen-bond acceptors (Lipinski definition) is 3. The first kappa shape index (κ1) is 13.8. The number of carbonyl (C=O) groups is 1. The van der Waals surface area contributed by atoms with Crippen LogP contribution in [-0.2, 0) is 4.79 Å². The van der Waals surface area contributed by atoms with Gasteiger partial charge in [0, 0.05) is 24.1 Å². The Kier molecular flexibility index (Phi) is 4.75. The number of hydrogen-bond donors (Lipinski definition) is 2. The molecule has 0 aromatic carbocycles. The quantitative estimate of drug-likeness (QED) is 0.801. The number of rotatable bonds is 6. The highest BCUT2D eigenvalue weighted by atomic mass is 16.4. The van der Waals surface area contributed by atoms with E-state index >= 15 is 0 Å². The number of carboxylic acid groups (broad SMARTS) is 1. The van der Waals surface area contributed by atoms with Crippen molar-refractivity contribution < 1.29 is 14.3 Å². The Bertz CT molecular complexity index is 384. The van der Waals surface area contributed by atoms with Gasteiger partial charge in [0.05, 0.1) is 0 Å². The highest BCUT2D eigenvalue weighted by molar-refractivity contribution is 5.66. The molecule has 0 aliphatic carbocycles. The minimum Gasteiger partial charge on any atom is -0.481 e. The zero-order chi connectivity index (χ0) is 13.0. The molecule has 4 heteroatoms. The molecule has 4 nitrogen and oxygen atoms in total. The summed E-state index contributed by atoms with van der Waals surface area (Å²) < 4.78 is 5.48. The Hall–Kier alpha value is -1.29. The van der Waals surface area contributed by atoms with Gasteiger partial charge in [-0.1, -0.05) is 0 Å². The monoisotopic (exact) mass is 239 g/mol. The molecule has 1 aromatic heterocycles. The highest BCUT2D eigenvalue weighted by Gasteiger charge is 2.15. The van der Waals surface area contributed by atoms with E-state index in [4.69, 9.17) is 9.52 Å². The van der Waals surface area contributed by atoms with Crippen molar-refractivity contribution in [2.45, 2.75) is 52.6 Å². The molecular formula is C13H21NO3. The number of aliphatic carboxylic acids is 1. The van der Waals surface area contributed by atoms with Crippen LogP contribution in [0.2, 0.25) is 0 Å². The zero-order valence-electron chi connectivity index (χ0n) is 10.9. The van der Waals surface area contributed by atoms with E-state index in [0.29, 0.717) is 6.42 Å². The van der Waals surface area contributed by atoms with Gasteiger partial charge >= 0.3 is 5.97 Å². The molecule has 0 spiro atoms.